The molecule has 1 aromatic carbocycles. The Morgan fingerprint density at radius 2 is 2.29 bits per heavy atom. The molecule has 2 aromatic rings. The van der Waals surface area contributed by atoms with Crippen LogP contribution in [0.1, 0.15) is 44.5 Å². The van der Waals surface area contributed by atoms with E-state index in [1.807, 2.05) is 18.2 Å². The van der Waals surface area contributed by atoms with Crippen LogP contribution in [-0.4, -0.2) is 17.8 Å². The zero-order valence-electron chi connectivity index (χ0n) is 12.4. The van der Waals surface area contributed by atoms with Crippen LogP contribution >= 0.6 is 11.6 Å². The van der Waals surface area contributed by atoms with E-state index in [0.29, 0.717) is 22.3 Å². The van der Waals surface area contributed by atoms with Crippen LogP contribution in [-0.2, 0) is 4.74 Å². The lowest BCUT2D eigenvalue weighted by Crippen LogP contribution is -2.42. The SMILES string of the molecule is COC1(C(O)c2cc3cccc(Cl)c3o2)CCCC(C)C1. The molecule has 1 saturated carbocycles. The summed E-state index contributed by atoms with van der Waals surface area (Å²) >= 11 is 6.15. The van der Waals surface area contributed by atoms with Crippen LogP contribution < -0.4 is 0 Å². The molecule has 1 aromatic heterocycles. The van der Waals surface area contributed by atoms with Crippen molar-refractivity contribution >= 4 is 22.6 Å². The molecular weight excluding hydrogens is 288 g/mol. The fraction of sp³-hybridized carbons (Fsp3) is 0.529. The monoisotopic (exact) mass is 308 g/mol. The maximum absolute atomic E-state index is 10.8. The number of halogens is 1. The highest BCUT2D eigenvalue weighted by atomic mass is 35.5. The van der Waals surface area contributed by atoms with Crippen LogP contribution in [0.4, 0.5) is 0 Å². The summed E-state index contributed by atoms with van der Waals surface area (Å²) in [6, 6.07) is 7.47. The van der Waals surface area contributed by atoms with E-state index in [4.69, 9.17) is 20.8 Å². The van der Waals surface area contributed by atoms with Gasteiger partial charge in [0.2, 0.25) is 0 Å². The number of ether oxygens (including phenoxy) is 1. The third kappa shape index (κ3) is 2.59. The molecule has 1 aliphatic rings. The summed E-state index contributed by atoms with van der Waals surface area (Å²) in [6.45, 7) is 2.20. The van der Waals surface area contributed by atoms with Crippen molar-refractivity contribution in [1.82, 2.24) is 0 Å². The maximum Gasteiger partial charge on any atom is 0.152 e. The lowest BCUT2D eigenvalue weighted by atomic mass is 9.75. The van der Waals surface area contributed by atoms with Crippen molar-refractivity contribution in [3.63, 3.8) is 0 Å². The van der Waals surface area contributed by atoms with Crippen molar-refractivity contribution in [2.24, 2.45) is 5.92 Å². The Balaban J connectivity index is 1.98. The predicted octanol–water partition coefficient (Wildman–Crippen LogP) is 4.71. The van der Waals surface area contributed by atoms with Gasteiger partial charge in [0.25, 0.3) is 0 Å². The van der Waals surface area contributed by atoms with Crippen molar-refractivity contribution in [3.8, 4) is 0 Å². The number of aliphatic hydroxyl groups is 1. The van der Waals surface area contributed by atoms with E-state index in [2.05, 4.69) is 6.92 Å². The van der Waals surface area contributed by atoms with E-state index in [9.17, 15) is 5.11 Å². The molecule has 114 valence electrons. The second-order valence-electron chi connectivity index (χ2n) is 6.18. The molecule has 3 rings (SSSR count). The van der Waals surface area contributed by atoms with Gasteiger partial charge in [-0.05, 0) is 30.9 Å². The number of fused-ring (bicyclic) bond motifs is 1. The first-order valence-electron chi connectivity index (χ1n) is 7.47. The van der Waals surface area contributed by atoms with Crippen molar-refractivity contribution in [1.29, 1.82) is 0 Å². The third-order valence-electron chi connectivity index (χ3n) is 4.68. The molecule has 3 nitrogen and oxygen atoms in total. The largest absolute Gasteiger partial charge is 0.457 e. The van der Waals surface area contributed by atoms with Crippen LogP contribution in [0.25, 0.3) is 11.0 Å². The number of rotatable bonds is 3. The molecule has 3 atom stereocenters. The van der Waals surface area contributed by atoms with E-state index in [1.54, 1.807) is 13.2 Å². The average Bonchev–Trinajstić information content (AvgIpc) is 2.92. The zero-order valence-corrected chi connectivity index (χ0v) is 13.2. The van der Waals surface area contributed by atoms with E-state index >= 15 is 0 Å². The van der Waals surface area contributed by atoms with Gasteiger partial charge >= 0.3 is 0 Å². The Kier molecular flexibility index (Phi) is 4.00. The first kappa shape index (κ1) is 14.9. The molecule has 1 fully saturated rings. The molecule has 0 radical (unpaired) electrons. The van der Waals surface area contributed by atoms with Gasteiger partial charge in [0.05, 0.1) is 5.02 Å². The molecule has 3 unspecified atom stereocenters. The minimum absolute atomic E-state index is 0.536. The van der Waals surface area contributed by atoms with Gasteiger partial charge in [-0.3, -0.25) is 0 Å². The minimum Gasteiger partial charge on any atom is -0.457 e. The Hall–Kier alpha value is -1.03. The number of hydrogen-bond donors (Lipinski definition) is 1. The van der Waals surface area contributed by atoms with Crippen molar-refractivity contribution < 1.29 is 14.3 Å². The van der Waals surface area contributed by atoms with E-state index in [1.165, 1.54) is 6.42 Å². The molecule has 4 heteroatoms. The maximum atomic E-state index is 10.8. The van der Waals surface area contributed by atoms with Gasteiger partial charge in [-0.1, -0.05) is 43.5 Å². The van der Waals surface area contributed by atoms with Crippen molar-refractivity contribution in [3.05, 3.63) is 35.0 Å². The summed E-state index contributed by atoms with van der Waals surface area (Å²) in [6.07, 6.45) is 3.17. The molecule has 1 N–H and O–H groups in total. The van der Waals surface area contributed by atoms with E-state index < -0.39 is 11.7 Å². The van der Waals surface area contributed by atoms with Crippen molar-refractivity contribution in [2.45, 2.75) is 44.3 Å². The Morgan fingerprint density at radius 1 is 1.48 bits per heavy atom. The Morgan fingerprint density at radius 3 is 2.95 bits per heavy atom. The third-order valence-corrected chi connectivity index (χ3v) is 4.98. The van der Waals surface area contributed by atoms with Gasteiger partial charge < -0.3 is 14.3 Å². The number of methoxy groups -OCH3 is 1. The molecule has 1 heterocycles. The average molecular weight is 309 g/mol. The fourth-order valence-corrected chi connectivity index (χ4v) is 3.75. The Bertz CT molecular complexity index is 636. The smallest absolute Gasteiger partial charge is 0.152 e. The summed E-state index contributed by atoms with van der Waals surface area (Å²) in [4.78, 5) is 0. The lowest BCUT2D eigenvalue weighted by molar-refractivity contribution is -0.139. The number of hydrogen-bond acceptors (Lipinski definition) is 3. The van der Waals surface area contributed by atoms with Gasteiger partial charge in [-0.25, -0.2) is 0 Å². The first-order valence-corrected chi connectivity index (χ1v) is 7.85. The second-order valence-corrected chi connectivity index (χ2v) is 6.59. The summed E-state index contributed by atoms with van der Waals surface area (Å²) in [5.74, 6) is 1.08. The number of furan rings is 1. The second kappa shape index (κ2) is 5.64. The molecule has 0 bridgehead atoms. The standard InChI is InChI=1S/C17H21ClO3/c1-11-5-4-8-17(10-11,20-2)16(19)14-9-12-6-3-7-13(18)15(12)21-14/h3,6-7,9,11,16,19H,4-5,8,10H2,1-2H3. The number of benzene rings is 1. The Labute approximate surface area is 129 Å². The predicted molar refractivity (Wildman–Crippen MR) is 83.6 cm³/mol. The van der Waals surface area contributed by atoms with E-state index in [0.717, 1.165) is 24.6 Å². The quantitative estimate of drug-likeness (QED) is 0.892. The molecule has 0 spiro atoms. The van der Waals surface area contributed by atoms with Crippen LogP contribution in [0, 0.1) is 5.92 Å². The summed E-state index contributed by atoms with van der Waals surface area (Å²) < 4.78 is 11.6. The number of para-hydroxylation sites is 1. The molecule has 0 aliphatic heterocycles. The lowest BCUT2D eigenvalue weighted by Gasteiger charge is -2.41. The zero-order chi connectivity index (χ0) is 15.0. The highest BCUT2D eigenvalue weighted by Gasteiger charge is 2.43. The highest BCUT2D eigenvalue weighted by Crippen LogP contribution is 2.44. The number of aliphatic hydroxyl groups excluding tert-OH is 1. The van der Waals surface area contributed by atoms with Crippen LogP contribution in [0.15, 0.2) is 28.7 Å². The molecule has 0 saturated heterocycles. The van der Waals surface area contributed by atoms with Gasteiger partial charge in [0.1, 0.15) is 17.5 Å². The minimum atomic E-state index is -0.770. The van der Waals surface area contributed by atoms with Gasteiger partial charge in [-0.2, -0.15) is 0 Å². The summed E-state index contributed by atoms with van der Waals surface area (Å²) in [5.41, 5.74) is 0.0706. The summed E-state index contributed by atoms with van der Waals surface area (Å²) in [5, 5.41) is 12.3. The van der Waals surface area contributed by atoms with Crippen LogP contribution in [0.5, 0.6) is 0 Å². The van der Waals surface area contributed by atoms with Gasteiger partial charge in [0.15, 0.2) is 5.58 Å². The normalized spacial score (nSPS) is 27.9. The van der Waals surface area contributed by atoms with E-state index in [-0.39, 0.29) is 0 Å². The van der Waals surface area contributed by atoms with Crippen LogP contribution in [0.3, 0.4) is 0 Å². The highest BCUT2D eigenvalue weighted by molar-refractivity contribution is 6.34. The fourth-order valence-electron chi connectivity index (χ4n) is 3.53. The molecule has 1 aliphatic carbocycles. The first-order chi connectivity index (χ1) is 10.1. The van der Waals surface area contributed by atoms with Crippen LogP contribution in [0.2, 0.25) is 5.02 Å². The molecule has 21 heavy (non-hydrogen) atoms. The van der Waals surface area contributed by atoms with Gasteiger partial charge in [-0.15, -0.1) is 0 Å². The van der Waals surface area contributed by atoms with Gasteiger partial charge in [0, 0.05) is 12.5 Å². The summed E-state index contributed by atoms with van der Waals surface area (Å²) in [7, 11) is 1.68. The molecular formula is C17H21ClO3. The topological polar surface area (TPSA) is 42.6 Å². The molecule has 0 amide bonds. The van der Waals surface area contributed by atoms with Crippen molar-refractivity contribution in [2.75, 3.05) is 7.11 Å².